The normalized spacial score (nSPS) is 17.4. The van der Waals surface area contributed by atoms with Crippen molar-refractivity contribution in [3.05, 3.63) is 29.8 Å². The van der Waals surface area contributed by atoms with E-state index < -0.39 is 5.60 Å². The van der Waals surface area contributed by atoms with Crippen LogP contribution >= 0.6 is 0 Å². The number of hydrogen-bond acceptors (Lipinski definition) is 3. The molecule has 0 spiro atoms. The molecule has 0 unspecified atom stereocenters. The number of likely N-dealkylation sites (N-methyl/N-ethyl adjacent to an activating group) is 1. The van der Waals surface area contributed by atoms with Crippen LogP contribution in [-0.2, 0) is 11.2 Å². The number of hydrogen-bond donors (Lipinski definition) is 2. The maximum atomic E-state index is 12.1. The summed E-state index contributed by atoms with van der Waals surface area (Å²) in [6.07, 6.45) is 4.02. The van der Waals surface area contributed by atoms with Crippen molar-refractivity contribution in [3.8, 4) is 0 Å². The van der Waals surface area contributed by atoms with Gasteiger partial charge in [-0.2, -0.15) is 0 Å². The van der Waals surface area contributed by atoms with E-state index >= 15 is 0 Å². The minimum atomic E-state index is -0.680. The number of nitrogen functional groups attached to an aromatic ring is 1. The molecular formula is C15H22N2O2. The molecule has 19 heavy (non-hydrogen) atoms. The van der Waals surface area contributed by atoms with Gasteiger partial charge in [0.15, 0.2) is 0 Å². The van der Waals surface area contributed by atoms with Crippen LogP contribution in [0.15, 0.2) is 24.3 Å². The SMILES string of the molecule is CN(CC1(O)CCCC1)C(=O)Cc1cccc(N)c1. The molecule has 1 amide bonds. The van der Waals surface area contributed by atoms with Gasteiger partial charge < -0.3 is 15.7 Å². The largest absolute Gasteiger partial charge is 0.399 e. The summed E-state index contributed by atoms with van der Waals surface area (Å²) >= 11 is 0. The Bertz CT molecular complexity index is 453. The van der Waals surface area contributed by atoms with Crippen LogP contribution in [0.3, 0.4) is 0 Å². The number of aliphatic hydroxyl groups is 1. The van der Waals surface area contributed by atoms with E-state index in [-0.39, 0.29) is 5.91 Å². The average Bonchev–Trinajstić information content (AvgIpc) is 2.75. The van der Waals surface area contributed by atoms with E-state index in [1.54, 1.807) is 18.0 Å². The van der Waals surface area contributed by atoms with Crippen molar-refractivity contribution >= 4 is 11.6 Å². The monoisotopic (exact) mass is 262 g/mol. The van der Waals surface area contributed by atoms with Crippen LogP contribution in [0.1, 0.15) is 31.2 Å². The second-order valence-electron chi connectivity index (χ2n) is 5.60. The molecule has 1 aromatic carbocycles. The summed E-state index contributed by atoms with van der Waals surface area (Å²) in [5.74, 6) is 0.0194. The van der Waals surface area contributed by atoms with Crippen molar-refractivity contribution in [2.75, 3.05) is 19.3 Å². The molecule has 0 aromatic heterocycles. The van der Waals surface area contributed by atoms with E-state index in [0.29, 0.717) is 18.7 Å². The number of nitrogens with zero attached hydrogens (tertiary/aromatic N) is 1. The lowest BCUT2D eigenvalue weighted by molar-refractivity contribution is -0.132. The number of carbonyl (C=O) groups is 1. The minimum absolute atomic E-state index is 0.0194. The first-order valence-corrected chi connectivity index (χ1v) is 6.79. The van der Waals surface area contributed by atoms with E-state index in [4.69, 9.17) is 5.73 Å². The molecule has 0 radical (unpaired) electrons. The van der Waals surface area contributed by atoms with Crippen LogP contribution < -0.4 is 5.73 Å². The molecule has 0 atom stereocenters. The highest BCUT2D eigenvalue weighted by molar-refractivity contribution is 5.78. The second-order valence-corrected chi connectivity index (χ2v) is 5.60. The zero-order valence-electron chi connectivity index (χ0n) is 11.4. The zero-order valence-corrected chi connectivity index (χ0v) is 11.4. The van der Waals surface area contributed by atoms with Crippen LogP contribution in [0.5, 0.6) is 0 Å². The predicted octanol–water partition coefficient (Wildman–Crippen LogP) is 1.57. The van der Waals surface area contributed by atoms with E-state index in [1.807, 2.05) is 18.2 Å². The van der Waals surface area contributed by atoms with Gasteiger partial charge in [0.05, 0.1) is 12.0 Å². The van der Waals surface area contributed by atoms with Crippen LogP contribution in [-0.4, -0.2) is 35.1 Å². The zero-order chi connectivity index (χ0) is 13.9. The van der Waals surface area contributed by atoms with Gasteiger partial charge in [-0.05, 0) is 30.5 Å². The molecule has 0 saturated heterocycles. The minimum Gasteiger partial charge on any atom is -0.399 e. The smallest absolute Gasteiger partial charge is 0.226 e. The summed E-state index contributed by atoms with van der Waals surface area (Å²) in [7, 11) is 1.75. The standard InChI is InChI=1S/C15H22N2O2/c1-17(11-15(19)7-2-3-8-15)14(18)10-12-5-4-6-13(16)9-12/h4-6,9,19H,2-3,7-8,10-11,16H2,1H3. The molecule has 0 aliphatic heterocycles. The lowest BCUT2D eigenvalue weighted by Crippen LogP contribution is -2.42. The summed E-state index contributed by atoms with van der Waals surface area (Å²) in [6.45, 7) is 0.425. The van der Waals surface area contributed by atoms with Gasteiger partial charge in [0.1, 0.15) is 0 Å². The van der Waals surface area contributed by atoms with Crippen molar-refractivity contribution in [2.45, 2.75) is 37.7 Å². The van der Waals surface area contributed by atoms with Crippen molar-refractivity contribution in [2.24, 2.45) is 0 Å². The van der Waals surface area contributed by atoms with Crippen molar-refractivity contribution in [1.82, 2.24) is 4.90 Å². The molecule has 3 N–H and O–H groups in total. The Morgan fingerprint density at radius 1 is 1.42 bits per heavy atom. The third-order valence-corrected chi connectivity index (χ3v) is 3.80. The van der Waals surface area contributed by atoms with Gasteiger partial charge in [0, 0.05) is 19.3 Å². The van der Waals surface area contributed by atoms with Gasteiger partial charge >= 0.3 is 0 Å². The molecular weight excluding hydrogens is 240 g/mol. The Kier molecular flexibility index (Phi) is 4.10. The fourth-order valence-electron chi connectivity index (χ4n) is 2.73. The lowest BCUT2D eigenvalue weighted by Gasteiger charge is -2.28. The number of rotatable bonds is 4. The summed E-state index contributed by atoms with van der Waals surface area (Å²) in [5, 5.41) is 10.3. The summed E-state index contributed by atoms with van der Waals surface area (Å²) < 4.78 is 0. The van der Waals surface area contributed by atoms with Crippen molar-refractivity contribution in [3.63, 3.8) is 0 Å². The first-order valence-electron chi connectivity index (χ1n) is 6.79. The average molecular weight is 262 g/mol. The van der Waals surface area contributed by atoms with Gasteiger partial charge in [-0.1, -0.05) is 25.0 Å². The quantitative estimate of drug-likeness (QED) is 0.809. The Labute approximate surface area is 114 Å². The van der Waals surface area contributed by atoms with E-state index in [0.717, 1.165) is 31.2 Å². The Balaban J connectivity index is 1.92. The molecule has 1 saturated carbocycles. The number of amides is 1. The molecule has 1 aromatic rings. The molecule has 104 valence electrons. The molecule has 1 aliphatic carbocycles. The fraction of sp³-hybridized carbons (Fsp3) is 0.533. The highest BCUT2D eigenvalue weighted by Gasteiger charge is 2.33. The number of nitrogens with two attached hydrogens (primary N) is 1. The topological polar surface area (TPSA) is 66.6 Å². The lowest BCUT2D eigenvalue weighted by atomic mass is 10.0. The third kappa shape index (κ3) is 3.70. The predicted molar refractivity (Wildman–Crippen MR) is 75.6 cm³/mol. The Hall–Kier alpha value is -1.55. The van der Waals surface area contributed by atoms with Crippen LogP contribution in [0.4, 0.5) is 5.69 Å². The molecule has 0 heterocycles. The number of carbonyl (C=O) groups excluding carboxylic acids is 1. The molecule has 1 aliphatic rings. The Morgan fingerprint density at radius 2 is 2.11 bits per heavy atom. The van der Waals surface area contributed by atoms with Crippen LogP contribution in [0, 0.1) is 0 Å². The first kappa shape index (κ1) is 13.9. The molecule has 4 heteroatoms. The van der Waals surface area contributed by atoms with Crippen molar-refractivity contribution < 1.29 is 9.90 Å². The Morgan fingerprint density at radius 3 is 2.74 bits per heavy atom. The van der Waals surface area contributed by atoms with E-state index in [1.165, 1.54) is 0 Å². The second kappa shape index (κ2) is 5.61. The van der Waals surface area contributed by atoms with E-state index in [2.05, 4.69) is 0 Å². The molecule has 0 bridgehead atoms. The molecule has 4 nitrogen and oxygen atoms in total. The van der Waals surface area contributed by atoms with Gasteiger partial charge in [0.2, 0.25) is 5.91 Å². The van der Waals surface area contributed by atoms with Gasteiger partial charge in [-0.15, -0.1) is 0 Å². The summed E-state index contributed by atoms with van der Waals surface area (Å²) in [5.41, 5.74) is 6.60. The van der Waals surface area contributed by atoms with Crippen molar-refractivity contribution in [1.29, 1.82) is 0 Å². The summed E-state index contributed by atoms with van der Waals surface area (Å²) in [6, 6.07) is 7.36. The fourth-order valence-corrected chi connectivity index (χ4v) is 2.73. The highest BCUT2D eigenvalue weighted by Crippen LogP contribution is 2.30. The number of anilines is 1. The first-order chi connectivity index (χ1) is 8.98. The molecule has 2 rings (SSSR count). The van der Waals surface area contributed by atoms with Gasteiger partial charge in [0.25, 0.3) is 0 Å². The van der Waals surface area contributed by atoms with E-state index in [9.17, 15) is 9.90 Å². The third-order valence-electron chi connectivity index (χ3n) is 3.80. The molecule has 1 fully saturated rings. The summed E-state index contributed by atoms with van der Waals surface area (Å²) in [4.78, 5) is 13.8. The maximum Gasteiger partial charge on any atom is 0.226 e. The maximum absolute atomic E-state index is 12.1. The van der Waals surface area contributed by atoms with Gasteiger partial charge in [-0.3, -0.25) is 4.79 Å². The van der Waals surface area contributed by atoms with Crippen LogP contribution in [0.2, 0.25) is 0 Å². The number of benzene rings is 1. The van der Waals surface area contributed by atoms with Crippen LogP contribution in [0.25, 0.3) is 0 Å². The van der Waals surface area contributed by atoms with Gasteiger partial charge in [-0.25, -0.2) is 0 Å². The highest BCUT2D eigenvalue weighted by atomic mass is 16.3.